The summed E-state index contributed by atoms with van der Waals surface area (Å²) >= 11 is 3.59. The molecule has 0 aromatic heterocycles. The van der Waals surface area contributed by atoms with E-state index in [4.69, 9.17) is 14.2 Å². The van der Waals surface area contributed by atoms with E-state index in [1.54, 1.807) is 32.4 Å². The highest BCUT2D eigenvalue weighted by molar-refractivity contribution is 9.10. The number of halogens is 1. The predicted molar refractivity (Wildman–Crippen MR) is 116 cm³/mol. The molecular formula is C23H20BrNO5. The summed E-state index contributed by atoms with van der Waals surface area (Å²) < 4.78 is 16.6. The van der Waals surface area contributed by atoms with Gasteiger partial charge in [0, 0.05) is 26.9 Å². The Morgan fingerprint density at radius 1 is 1.03 bits per heavy atom. The highest BCUT2D eigenvalue weighted by atomic mass is 79.9. The number of esters is 1. The molecule has 154 valence electrons. The van der Waals surface area contributed by atoms with Crippen LogP contribution >= 0.6 is 15.9 Å². The van der Waals surface area contributed by atoms with Gasteiger partial charge in [0.1, 0.15) is 0 Å². The molecular weight excluding hydrogens is 450 g/mol. The number of hydrogen-bond donors (Lipinski definition) is 1. The van der Waals surface area contributed by atoms with Crippen LogP contribution in [0.25, 0.3) is 5.70 Å². The molecule has 1 unspecified atom stereocenters. The third-order valence-electron chi connectivity index (χ3n) is 5.47. The van der Waals surface area contributed by atoms with Gasteiger partial charge in [0.15, 0.2) is 17.3 Å². The van der Waals surface area contributed by atoms with Crippen LogP contribution in [0.4, 0.5) is 0 Å². The zero-order valence-corrected chi connectivity index (χ0v) is 18.5. The molecule has 30 heavy (non-hydrogen) atoms. The molecule has 0 bridgehead atoms. The molecule has 0 saturated heterocycles. The summed E-state index contributed by atoms with van der Waals surface area (Å²) in [6.07, 6.45) is 0. The number of ether oxygens (including phenoxy) is 3. The quantitative estimate of drug-likeness (QED) is 0.676. The number of Topliss-reactive ketones (excluding diaryl/α,β-unsaturated/α-hetero) is 1. The number of carbonyl (C=O) groups excluding carboxylic acids is 2. The first-order valence-electron chi connectivity index (χ1n) is 9.28. The molecule has 1 aliphatic carbocycles. The molecule has 6 nitrogen and oxygen atoms in total. The summed E-state index contributed by atoms with van der Waals surface area (Å²) in [5, 5.41) is 3.27. The maximum atomic E-state index is 13.4. The summed E-state index contributed by atoms with van der Waals surface area (Å²) in [5.74, 6) is -0.211. The largest absolute Gasteiger partial charge is 0.493 e. The molecule has 0 radical (unpaired) electrons. The van der Waals surface area contributed by atoms with Gasteiger partial charge in [-0.1, -0.05) is 40.2 Å². The number of nitrogens with one attached hydrogen (secondary N) is 1. The van der Waals surface area contributed by atoms with Crippen LogP contribution in [-0.4, -0.2) is 33.1 Å². The second kappa shape index (κ2) is 7.65. The number of hydrogen-bond acceptors (Lipinski definition) is 6. The summed E-state index contributed by atoms with van der Waals surface area (Å²) in [5.41, 5.74) is 4.38. The number of carbonyl (C=O) groups is 2. The average Bonchev–Trinajstić information content (AvgIpc) is 3.04. The van der Waals surface area contributed by atoms with Gasteiger partial charge in [-0.25, -0.2) is 4.79 Å². The van der Waals surface area contributed by atoms with E-state index in [1.807, 2.05) is 25.1 Å². The lowest BCUT2D eigenvalue weighted by molar-refractivity contribution is -0.136. The Morgan fingerprint density at radius 2 is 1.67 bits per heavy atom. The molecule has 0 spiro atoms. The summed E-state index contributed by atoms with van der Waals surface area (Å²) in [7, 11) is 4.43. The maximum absolute atomic E-state index is 13.4. The van der Waals surface area contributed by atoms with Gasteiger partial charge in [-0.2, -0.15) is 0 Å². The van der Waals surface area contributed by atoms with Crippen LogP contribution in [0.2, 0.25) is 0 Å². The highest BCUT2D eigenvalue weighted by Gasteiger charge is 2.43. The smallest absolute Gasteiger partial charge is 0.336 e. The van der Waals surface area contributed by atoms with Crippen LogP contribution in [0.1, 0.15) is 34.3 Å². The standard InChI is InChI=1S/C23H20BrNO5/c1-11-18(23(27)30-4)19(14-9-16(28-2)17(29-3)10-15(14)24)20-21(25-11)12-7-5-6-8-13(12)22(20)26/h5-10,19,25H,1-4H3. The second-order valence-electron chi connectivity index (χ2n) is 6.98. The number of fused-ring (bicyclic) bond motifs is 2. The lowest BCUT2D eigenvalue weighted by Crippen LogP contribution is -2.29. The van der Waals surface area contributed by atoms with E-state index < -0.39 is 11.9 Å². The summed E-state index contributed by atoms with van der Waals surface area (Å²) in [4.78, 5) is 26.2. The first-order chi connectivity index (χ1) is 14.4. The van der Waals surface area contributed by atoms with Crippen LogP contribution < -0.4 is 14.8 Å². The van der Waals surface area contributed by atoms with Crippen molar-refractivity contribution in [2.75, 3.05) is 21.3 Å². The number of ketones is 1. The Morgan fingerprint density at radius 3 is 2.30 bits per heavy atom. The molecule has 1 N–H and O–H groups in total. The molecule has 4 rings (SSSR count). The van der Waals surface area contributed by atoms with Crippen molar-refractivity contribution in [3.8, 4) is 11.5 Å². The van der Waals surface area contributed by atoms with E-state index >= 15 is 0 Å². The van der Waals surface area contributed by atoms with E-state index in [0.29, 0.717) is 49.6 Å². The normalized spacial score (nSPS) is 17.4. The van der Waals surface area contributed by atoms with E-state index in [0.717, 1.165) is 5.56 Å². The molecule has 1 aliphatic heterocycles. The van der Waals surface area contributed by atoms with Gasteiger partial charge < -0.3 is 19.5 Å². The van der Waals surface area contributed by atoms with E-state index in [-0.39, 0.29) is 5.78 Å². The molecule has 0 amide bonds. The molecule has 2 aromatic rings. The van der Waals surface area contributed by atoms with Gasteiger partial charge >= 0.3 is 5.97 Å². The minimum absolute atomic E-state index is 0.117. The van der Waals surface area contributed by atoms with Gasteiger partial charge in [0.05, 0.1) is 38.5 Å². The van der Waals surface area contributed by atoms with Crippen molar-refractivity contribution in [3.05, 3.63) is 74.4 Å². The minimum atomic E-state index is -0.636. The van der Waals surface area contributed by atoms with Crippen molar-refractivity contribution in [1.82, 2.24) is 5.32 Å². The van der Waals surface area contributed by atoms with Crippen molar-refractivity contribution < 1.29 is 23.8 Å². The summed E-state index contributed by atoms with van der Waals surface area (Å²) in [6.45, 7) is 1.81. The first kappa shape index (κ1) is 20.2. The lowest BCUT2D eigenvalue weighted by atomic mass is 9.79. The fourth-order valence-electron chi connectivity index (χ4n) is 4.11. The number of methoxy groups -OCH3 is 3. The van der Waals surface area contributed by atoms with Crippen molar-refractivity contribution >= 4 is 33.4 Å². The van der Waals surface area contributed by atoms with Crippen molar-refractivity contribution in [2.24, 2.45) is 0 Å². The Hall–Kier alpha value is -3.06. The third kappa shape index (κ3) is 2.92. The number of benzene rings is 2. The predicted octanol–water partition coefficient (Wildman–Crippen LogP) is 4.21. The summed E-state index contributed by atoms with van der Waals surface area (Å²) in [6, 6.07) is 11.0. The molecule has 2 aromatic carbocycles. The maximum Gasteiger partial charge on any atom is 0.336 e. The fraction of sp³-hybridized carbons (Fsp3) is 0.217. The topological polar surface area (TPSA) is 73.9 Å². The molecule has 1 heterocycles. The Balaban J connectivity index is 2.00. The molecule has 0 saturated carbocycles. The van der Waals surface area contributed by atoms with Crippen molar-refractivity contribution in [3.63, 3.8) is 0 Å². The zero-order chi connectivity index (χ0) is 21.6. The van der Waals surface area contributed by atoms with Crippen LogP contribution in [-0.2, 0) is 9.53 Å². The van der Waals surface area contributed by atoms with E-state index in [9.17, 15) is 9.59 Å². The molecule has 7 heteroatoms. The van der Waals surface area contributed by atoms with Crippen LogP contribution in [0.5, 0.6) is 11.5 Å². The monoisotopic (exact) mass is 469 g/mol. The zero-order valence-electron chi connectivity index (χ0n) is 17.0. The Labute approximate surface area is 182 Å². The van der Waals surface area contributed by atoms with Gasteiger partial charge in [-0.05, 0) is 24.6 Å². The number of rotatable bonds is 4. The highest BCUT2D eigenvalue weighted by Crippen LogP contribution is 2.49. The minimum Gasteiger partial charge on any atom is -0.493 e. The first-order valence-corrected chi connectivity index (χ1v) is 10.1. The van der Waals surface area contributed by atoms with Crippen LogP contribution in [0, 0.1) is 0 Å². The van der Waals surface area contributed by atoms with E-state index in [1.165, 1.54) is 7.11 Å². The SMILES string of the molecule is COC(=O)C1=C(C)NC2=C(C(=O)c3ccccc32)C1c1cc(OC)c(OC)cc1Br. The van der Waals surface area contributed by atoms with Crippen molar-refractivity contribution in [1.29, 1.82) is 0 Å². The van der Waals surface area contributed by atoms with Gasteiger partial charge in [0.2, 0.25) is 0 Å². The number of dihydropyridines is 1. The van der Waals surface area contributed by atoms with Crippen LogP contribution in [0.15, 0.2) is 57.7 Å². The van der Waals surface area contributed by atoms with Crippen molar-refractivity contribution in [2.45, 2.75) is 12.8 Å². The molecule has 0 fully saturated rings. The second-order valence-corrected chi connectivity index (χ2v) is 7.83. The third-order valence-corrected chi connectivity index (χ3v) is 6.15. The fourth-order valence-corrected chi connectivity index (χ4v) is 4.66. The number of allylic oxidation sites excluding steroid dienone is 2. The van der Waals surface area contributed by atoms with Gasteiger partial charge in [-0.3, -0.25) is 4.79 Å². The Bertz CT molecular complexity index is 1150. The molecule has 1 atom stereocenters. The lowest BCUT2D eigenvalue weighted by Gasteiger charge is -2.30. The van der Waals surface area contributed by atoms with E-state index in [2.05, 4.69) is 21.2 Å². The average molecular weight is 470 g/mol. The molecule has 2 aliphatic rings. The van der Waals surface area contributed by atoms with Crippen LogP contribution in [0.3, 0.4) is 0 Å². The van der Waals surface area contributed by atoms with Gasteiger partial charge in [0.25, 0.3) is 0 Å². The Kier molecular flexibility index (Phi) is 5.15. The van der Waals surface area contributed by atoms with Gasteiger partial charge in [-0.15, -0.1) is 0 Å².